The number of nitrogens with zero attached hydrogens (tertiary/aromatic N) is 1. The summed E-state index contributed by atoms with van der Waals surface area (Å²) in [5, 5.41) is 9.18. The number of hydrogen-bond acceptors (Lipinski definition) is 2. The van der Waals surface area contributed by atoms with E-state index in [0.29, 0.717) is 6.54 Å². The summed E-state index contributed by atoms with van der Waals surface area (Å²) in [6, 6.07) is -0.144. The molecule has 1 heterocycles. The van der Waals surface area contributed by atoms with Gasteiger partial charge >= 0.3 is 0 Å². The standard InChI is InChI=1S/C9H13NO2/c1-3-7(4-2)10-6-8(11)5-9(10)12/h1,7-8,11H,4-6H2,2H3. The molecule has 0 saturated carbocycles. The van der Waals surface area contributed by atoms with Gasteiger partial charge in [0.25, 0.3) is 0 Å². The Bertz CT molecular complexity index is 219. The fourth-order valence-corrected chi connectivity index (χ4v) is 1.44. The highest BCUT2D eigenvalue weighted by atomic mass is 16.3. The summed E-state index contributed by atoms with van der Waals surface area (Å²) in [5.41, 5.74) is 0. The molecule has 12 heavy (non-hydrogen) atoms. The quantitative estimate of drug-likeness (QED) is 0.588. The van der Waals surface area contributed by atoms with Gasteiger partial charge in [0.2, 0.25) is 5.91 Å². The van der Waals surface area contributed by atoms with Gasteiger partial charge < -0.3 is 10.0 Å². The summed E-state index contributed by atoms with van der Waals surface area (Å²) in [6.07, 6.45) is 5.68. The number of carbonyl (C=O) groups is 1. The zero-order valence-corrected chi connectivity index (χ0v) is 7.16. The van der Waals surface area contributed by atoms with Crippen LogP contribution in [0.2, 0.25) is 0 Å². The van der Waals surface area contributed by atoms with Crippen molar-refractivity contribution in [1.29, 1.82) is 0 Å². The molecule has 66 valence electrons. The van der Waals surface area contributed by atoms with Crippen molar-refractivity contribution in [3.05, 3.63) is 0 Å². The van der Waals surface area contributed by atoms with E-state index in [0.717, 1.165) is 6.42 Å². The Labute approximate surface area is 72.4 Å². The minimum atomic E-state index is -0.528. The molecule has 1 amide bonds. The van der Waals surface area contributed by atoms with E-state index in [-0.39, 0.29) is 18.4 Å². The fraction of sp³-hybridized carbons (Fsp3) is 0.667. The van der Waals surface area contributed by atoms with Gasteiger partial charge in [-0.25, -0.2) is 0 Å². The number of hydrogen-bond donors (Lipinski definition) is 1. The topological polar surface area (TPSA) is 40.5 Å². The molecule has 0 radical (unpaired) electrons. The van der Waals surface area contributed by atoms with Crippen molar-refractivity contribution in [3.8, 4) is 12.3 Å². The lowest BCUT2D eigenvalue weighted by Gasteiger charge is -2.21. The van der Waals surface area contributed by atoms with Crippen LogP contribution in [0.25, 0.3) is 0 Å². The van der Waals surface area contributed by atoms with E-state index in [1.54, 1.807) is 4.90 Å². The molecule has 3 heteroatoms. The Kier molecular flexibility index (Phi) is 2.72. The normalized spacial score (nSPS) is 25.6. The van der Waals surface area contributed by atoms with E-state index in [1.165, 1.54) is 0 Å². The number of rotatable bonds is 2. The van der Waals surface area contributed by atoms with E-state index in [9.17, 15) is 9.90 Å². The SMILES string of the molecule is C#CC(CC)N1CC(O)CC1=O. The van der Waals surface area contributed by atoms with Gasteiger partial charge in [-0.1, -0.05) is 12.8 Å². The van der Waals surface area contributed by atoms with Gasteiger partial charge in [-0.15, -0.1) is 6.42 Å². The van der Waals surface area contributed by atoms with Crippen LogP contribution >= 0.6 is 0 Å². The van der Waals surface area contributed by atoms with Crippen LogP contribution in [-0.4, -0.2) is 34.6 Å². The van der Waals surface area contributed by atoms with Crippen molar-refractivity contribution in [1.82, 2.24) is 4.90 Å². The van der Waals surface area contributed by atoms with Crippen molar-refractivity contribution < 1.29 is 9.90 Å². The molecule has 0 aromatic carbocycles. The van der Waals surface area contributed by atoms with Crippen LogP contribution in [0, 0.1) is 12.3 Å². The van der Waals surface area contributed by atoms with Gasteiger partial charge in [0.1, 0.15) is 0 Å². The maximum Gasteiger partial charge on any atom is 0.226 e. The van der Waals surface area contributed by atoms with Crippen LogP contribution in [0.5, 0.6) is 0 Å². The molecule has 0 bridgehead atoms. The molecule has 0 aromatic rings. The lowest BCUT2D eigenvalue weighted by molar-refractivity contribution is -0.128. The molecule has 1 rings (SSSR count). The van der Waals surface area contributed by atoms with Crippen molar-refractivity contribution in [2.24, 2.45) is 0 Å². The second kappa shape index (κ2) is 3.59. The highest BCUT2D eigenvalue weighted by Gasteiger charge is 2.31. The third-order valence-corrected chi connectivity index (χ3v) is 2.09. The molecule has 1 saturated heterocycles. The number of likely N-dealkylation sites (tertiary alicyclic amines) is 1. The van der Waals surface area contributed by atoms with Gasteiger partial charge in [-0.3, -0.25) is 4.79 Å². The minimum Gasteiger partial charge on any atom is -0.391 e. The Hall–Kier alpha value is -1.01. The van der Waals surface area contributed by atoms with E-state index in [4.69, 9.17) is 6.42 Å². The zero-order chi connectivity index (χ0) is 9.14. The lowest BCUT2D eigenvalue weighted by Crippen LogP contribution is -2.35. The first kappa shape index (κ1) is 9.08. The van der Waals surface area contributed by atoms with Crippen LogP contribution in [0.1, 0.15) is 19.8 Å². The highest BCUT2D eigenvalue weighted by molar-refractivity contribution is 5.79. The molecule has 0 aliphatic carbocycles. The van der Waals surface area contributed by atoms with E-state index >= 15 is 0 Å². The first-order valence-corrected chi connectivity index (χ1v) is 4.12. The zero-order valence-electron chi connectivity index (χ0n) is 7.16. The molecular weight excluding hydrogens is 154 g/mol. The Morgan fingerprint density at radius 2 is 2.58 bits per heavy atom. The average molecular weight is 167 g/mol. The smallest absolute Gasteiger partial charge is 0.226 e. The third-order valence-electron chi connectivity index (χ3n) is 2.09. The van der Waals surface area contributed by atoms with Crippen LogP contribution < -0.4 is 0 Å². The van der Waals surface area contributed by atoms with E-state index in [2.05, 4.69) is 5.92 Å². The van der Waals surface area contributed by atoms with Crippen molar-refractivity contribution in [2.45, 2.75) is 31.9 Å². The molecule has 1 N–H and O–H groups in total. The average Bonchev–Trinajstić information content (AvgIpc) is 2.34. The van der Waals surface area contributed by atoms with Crippen LogP contribution in [0.4, 0.5) is 0 Å². The summed E-state index contributed by atoms with van der Waals surface area (Å²) in [7, 11) is 0. The first-order valence-electron chi connectivity index (χ1n) is 4.12. The lowest BCUT2D eigenvalue weighted by atomic mass is 10.2. The van der Waals surface area contributed by atoms with Crippen molar-refractivity contribution >= 4 is 5.91 Å². The summed E-state index contributed by atoms with van der Waals surface area (Å²) in [4.78, 5) is 12.8. The second-order valence-electron chi connectivity index (χ2n) is 2.99. The molecule has 3 nitrogen and oxygen atoms in total. The molecule has 0 spiro atoms. The van der Waals surface area contributed by atoms with Gasteiger partial charge in [0.15, 0.2) is 0 Å². The van der Waals surface area contributed by atoms with Gasteiger partial charge in [0.05, 0.1) is 18.6 Å². The third kappa shape index (κ3) is 1.59. The minimum absolute atomic E-state index is 0.0349. The maximum atomic E-state index is 11.2. The number of amides is 1. The Morgan fingerprint density at radius 1 is 1.92 bits per heavy atom. The molecule has 1 aliphatic rings. The first-order chi connectivity index (χ1) is 5.69. The number of β-amino-alcohol motifs (C(OH)–C–C–N with tert-alkyl or cyclic N) is 1. The Morgan fingerprint density at radius 3 is 2.92 bits per heavy atom. The van der Waals surface area contributed by atoms with E-state index < -0.39 is 6.10 Å². The number of terminal acetylenes is 1. The van der Waals surface area contributed by atoms with Gasteiger partial charge in [0, 0.05) is 6.54 Å². The highest BCUT2D eigenvalue weighted by Crippen LogP contribution is 2.15. The molecule has 2 unspecified atom stereocenters. The predicted octanol–water partition coefficient (Wildman–Crippen LogP) is -0.00860. The van der Waals surface area contributed by atoms with Crippen molar-refractivity contribution in [3.63, 3.8) is 0 Å². The predicted molar refractivity (Wildman–Crippen MR) is 45.2 cm³/mol. The molecule has 2 atom stereocenters. The van der Waals surface area contributed by atoms with Gasteiger partial charge in [-0.2, -0.15) is 0 Å². The summed E-state index contributed by atoms with van der Waals surface area (Å²) in [5.74, 6) is 2.50. The van der Waals surface area contributed by atoms with Crippen molar-refractivity contribution in [2.75, 3.05) is 6.54 Å². The monoisotopic (exact) mass is 167 g/mol. The molecule has 0 aromatic heterocycles. The Balaban J connectivity index is 2.64. The van der Waals surface area contributed by atoms with Crippen LogP contribution in [0.15, 0.2) is 0 Å². The summed E-state index contributed by atoms with van der Waals surface area (Å²) < 4.78 is 0. The second-order valence-corrected chi connectivity index (χ2v) is 2.99. The summed E-state index contributed by atoms with van der Waals surface area (Å²) >= 11 is 0. The molecule has 1 fully saturated rings. The van der Waals surface area contributed by atoms with E-state index in [1.807, 2.05) is 6.92 Å². The van der Waals surface area contributed by atoms with Crippen LogP contribution in [0.3, 0.4) is 0 Å². The molecular formula is C9H13NO2. The number of aliphatic hydroxyl groups is 1. The maximum absolute atomic E-state index is 11.2. The summed E-state index contributed by atoms with van der Waals surface area (Å²) in [6.45, 7) is 2.32. The number of aliphatic hydroxyl groups excluding tert-OH is 1. The van der Waals surface area contributed by atoms with Gasteiger partial charge in [-0.05, 0) is 6.42 Å². The fourth-order valence-electron chi connectivity index (χ4n) is 1.44. The largest absolute Gasteiger partial charge is 0.391 e. The molecule has 1 aliphatic heterocycles. The van der Waals surface area contributed by atoms with Crippen LogP contribution in [-0.2, 0) is 4.79 Å². The number of carbonyl (C=O) groups excluding carboxylic acids is 1.